The average molecular weight is 335 g/mol. The van der Waals surface area contributed by atoms with Crippen LogP contribution >= 0.6 is 11.8 Å². The number of nitrogens with two attached hydrogens (primary N) is 1. The van der Waals surface area contributed by atoms with Crippen molar-refractivity contribution in [2.45, 2.75) is 24.0 Å². The highest BCUT2D eigenvalue weighted by Gasteiger charge is 2.26. The number of thioether (sulfide) groups is 1. The highest BCUT2D eigenvalue weighted by Crippen LogP contribution is 2.37. The first-order valence-corrected chi connectivity index (χ1v) is 8.14. The van der Waals surface area contributed by atoms with Crippen molar-refractivity contribution in [3.63, 3.8) is 0 Å². The fourth-order valence-electron chi connectivity index (χ4n) is 2.37. The molecule has 0 radical (unpaired) electrons. The molecule has 1 aliphatic rings. The maximum atomic E-state index is 12.4. The Bertz CT molecular complexity index is 891. The summed E-state index contributed by atoms with van der Waals surface area (Å²) in [6, 6.07) is 0.464. The van der Waals surface area contributed by atoms with Crippen molar-refractivity contribution >= 4 is 23.4 Å². The number of hydrogen-bond donors (Lipinski definition) is 1. The van der Waals surface area contributed by atoms with E-state index >= 15 is 0 Å². The molecule has 122 valence electrons. The van der Waals surface area contributed by atoms with Gasteiger partial charge in [-0.25, -0.2) is 9.78 Å². The SMILES string of the molecule is Cn1c(N)c(C(=O)CSc2nccn2C2CC2)c(=O)n(C)c1=O. The molecule has 0 atom stereocenters. The number of carbonyl (C=O) groups is 1. The first-order chi connectivity index (χ1) is 10.9. The van der Waals surface area contributed by atoms with Crippen LogP contribution in [-0.4, -0.2) is 30.2 Å². The number of Topliss-reactive ketones (excluding diaryl/α,β-unsaturated/α-hetero) is 1. The Labute approximate surface area is 135 Å². The van der Waals surface area contributed by atoms with Crippen LogP contribution in [0.25, 0.3) is 0 Å². The summed E-state index contributed by atoms with van der Waals surface area (Å²) in [5.74, 6) is -0.468. The summed E-state index contributed by atoms with van der Waals surface area (Å²) in [6.07, 6.45) is 5.83. The number of nitrogens with zero attached hydrogens (tertiary/aromatic N) is 4. The van der Waals surface area contributed by atoms with Gasteiger partial charge in [0.25, 0.3) is 5.56 Å². The number of carbonyl (C=O) groups excluding carboxylic acids is 1. The van der Waals surface area contributed by atoms with Crippen LogP contribution in [0.4, 0.5) is 5.82 Å². The van der Waals surface area contributed by atoms with Gasteiger partial charge in [0.05, 0.1) is 5.75 Å². The summed E-state index contributed by atoms with van der Waals surface area (Å²) >= 11 is 1.27. The van der Waals surface area contributed by atoms with Gasteiger partial charge in [0.2, 0.25) is 0 Å². The molecular weight excluding hydrogens is 318 g/mol. The highest BCUT2D eigenvalue weighted by atomic mass is 32.2. The summed E-state index contributed by atoms with van der Waals surface area (Å²) in [5.41, 5.74) is 4.42. The first-order valence-electron chi connectivity index (χ1n) is 7.16. The third-order valence-electron chi connectivity index (χ3n) is 3.89. The van der Waals surface area contributed by atoms with Gasteiger partial charge in [-0.3, -0.25) is 18.7 Å². The van der Waals surface area contributed by atoms with E-state index < -0.39 is 17.0 Å². The molecule has 0 aliphatic heterocycles. The van der Waals surface area contributed by atoms with Crippen molar-refractivity contribution in [3.05, 3.63) is 38.8 Å². The van der Waals surface area contributed by atoms with Crippen LogP contribution in [0.3, 0.4) is 0 Å². The fourth-order valence-corrected chi connectivity index (χ4v) is 3.26. The zero-order valence-electron chi connectivity index (χ0n) is 12.9. The molecule has 3 rings (SSSR count). The molecule has 8 nitrogen and oxygen atoms in total. The Morgan fingerprint density at radius 2 is 2.04 bits per heavy atom. The van der Waals surface area contributed by atoms with E-state index in [4.69, 9.17) is 5.73 Å². The molecule has 1 fully saturated rings. The van der Waals surface area contributed by atoms with Gasteiger partial charge >= 0.3 is 5.69 Å². The Hall–Kier alpha value is -2.29. The molecule has 0 amide bonds. The van der Waals surface area contributed by atoms with Crippen LogP contribution in [0.5, 0.6) is 0 Å². The molecule has 2 heterocycles. The van der Waals surface area contributed by atoms with E-state index in [2.05, 4.69) is 4.98 Å². The minimum atomic E-state index is -0.665. The van der Waals surface area contributed by atoms with Crippen LogP contribution < -0.4 is 17.0 Å². The Balaban J connectivity index is 1.85. The molecule has 23 heavy (non-hydrogen) atoms. The van der Waals surface area contributed by atoms with Crippen LogP contribution in [0.15, 0.2) is 27.1 Å². The van der Waals surface area contributed by atoms with E-state index in [0.29, 0.717) is 6.04 Å². The second kappa shape index (κ2) is 5.73. The van der Waals surface area contributed by atoms with Crippen molar-refractivity contribution in [1.29, 1.82) is 0 Å². The smallest absolute Gasteiger partial charge is 0.332 e. The summed E-state index contributed by atoms with van der Waals surface area (Å²) in [7, 11) is 2.76. The number of aromatic nitrogens is 4. The van der Waals surface area contributed by atoms with E-state index in [1.165, 1.54) is 25.9 Å². The lowest BCUT2D eigenvalue weighted by Crippen LogP contribution is -2.41. The highest BCUT2D eigenvalue weighted by molar-refractivity contribution is 7.99. The predicted octanol–water partition coefficient (Wildman–Crippen LogP) is 0.173. The summed E-state index contributed by atoms with van der Waals surface area (Å²) < 4.78 is 4.03. The summed E-state index contributed by atoms with van der Waals surface area (Å²) in [4.78, 5) is 40.6. The van der Waals surface area contributed by atoms with Crippen molar-refractivity contribution in [3.8, 4) is 0 Å². The zero-order chi connectivity index (χ0) is 16.7. The van der Waals surface area contributed by atoms with E-state index in [-0.39, 0.29) is 17.1 Å². The minimum absolute atomic E-state index is 0.0430. The second-order valence-electron chi connectivity index (χ2n) is 5.53. The first kappa shape index (κ1) is 15.6. The van der Waals surface area contributed by atoms with Gasteiger partial charge in [0.15, 0.2) is 10.9 Å². The number of rotatable bonds is 5. The Morgan fingerprint density at radius 1 is 1.35 bits per heavy atom. The second-order valence-corrected chi connectivity index (χ2v) is 6.47. The number of imidazole rings is 1. The maximum Gasteiger partial charge on any atom is 0.332 e. The Kier molecular flexibility index (Phi) is 3.88. The average Bonchev–Trinajstić information content (AvgIpc) is 3.27. The van der Waals surface area contributed by atoms with Gasteiger partial charge < -0.3 is 10.3 Å². The van der Waals surface area contributed by atoms with Gasteiger partial charge in [-0.05, 0) is 12.8 Å². The molecule has 0 spiro atoms. The standard InChI is InChI=1S/C14H17N5O3S/c1-17-11(15)10(12(21)18(2)14(17)22)9(20)7-23-13-16-5-6-19(13)8-3-4-8/h5-6,8H,3-4,7,15H2,1-2H3. The molecule has 9 heteroatoms. The van der Waals surface area contributed by atoms with Gasteiger partial charge in [-0.2, -0.15) is 0 Å². The molecule has 2 aromatic heterocycles. The molecule has 0 aromatic carbocycles. The monoisotopic (exact) mass is 335 g/mol. The molecule has 2 aromatic rings. The number of nitrogen functional groups attached to an aromatic ring is 1. The molecule has 0 unspecified atom stereocenters. The third kappa shape index (κ3) is 2.72. The van der Waals surface area contributed by atoms with Gasteiger partial charge in [-0.15, -0.1) is 0 Å². The lowest BCUT2D eigenvalue weighted by atomic mass is 10.2. The number of anilines is 1. The number of ketones is 1. The topological polar surface area (TPSA) is 105 Å². The van der Waals surface area contributed by atoms with E-state index in [9.17, 15) is 14.4 Å². The van der Waals surface area contributed by atoms with Crippen molar-refractivity contribution in [1.82, 2.24) is 18.7 Å². The largest absolute Gasteiger partial charge is 0.384 e. The van der Waals surface area contributed by atoms with Gasteiger partial charge in [0, 0.05) is 32.5 Å². The van der Waals surface area contributed by atoms with E-state index in [0.717, 1.165) is 27.1 Å². The van der Waals surface area contributed by atoms with E-state index in [1.54, 1.807) is 6.20 Å². The van der Waals surface area contributed by atoms with Crippen LogP contribution in [0.2, 0.25) is 0 Å². The lowest BCUT2D eigenvalue weighted by molar-refractivity contribution is 0.102. The summed E-state index contributed by atoms with van der Waals surface area (Å²) in [6.45, 7) is 0. The number of hydrogen-bond acceptors (Lipinski definition) is 6. The molecule has 1 saturated carbocycles. The minimum Gasteiger partial charge on any atom is -0.384 e. The Morgan fingerprint density at radius 3 is 2.70 bits per heavy atom. The van der Waals surface area contributed by atoms with Gasteiger partial charge in [0.1, 0.15) is 11.4 Å². The predicted molar refractivity (Wildman–Crippen MR) is 86.9 cm³/mol. The lowest BCUT2D eigenvalue weighted by Gasteiger charge is -2.10. The normalized spacial score (nSPS) is 14.2. The summed E-state index contributed by atoms with van der Waals surface area (Å²) in [5, 5.41) is 0.751. The van der Waals surface area contributed by atoms with Crippen molar-refractivity contribution in [2.24, 2.45) is 14.1 Å². The molecule has 1 aliphatic carbocycles. The quantitative estimate of drug-likeness (QED) is 0.617. The van der Waals surface area contributed by atoms with Crippen molar-refractivity contribution < 1.29 is 4.79 Å². The molecular formula is C14H17N5O3S. The molecule has 0 bridgehead atoms. The van der Waals surface area contributed by atoms with Gasteiger partial charge in [-0.1, -0.05) is 11.8 Å². The zero-order valence-corrected chi connectivity index (χ0v) is 13.7. The molecule has 0 saturated heterocycles. The maximum absolute atomic E-state index is 12.4. The van der Waals surface area contributed by atoms with E-state index in [1.807, 2.05) is 10.8 Å². The van der Waals surface area contributed by atoms with Crippen LogP contribution in [0, 0.1) is 0 Å². The fraction of sp³-hybridized carbons (Fsp3) is 0.429. The van der Waals surface area contributed by atoms with Crippen LogP contribution in [-0.2, 0) is 14.1 Å². The van der Waals surface area contributed by atoms with Crippen molar-refractivity contribution in [2.75, 3.05) is 11.5 Å². The van der Waals surface area contributed by atoms with Crippen LogP contribution in [0.1, 0.15) is 29.2 Å². The molecule has 2 N–H and O–H groups in total. The third-order valence-corrected chi connectivity index (χ3v) is 4.88.